The van der Waals surface area contributed by atoms with E-state index in [0.29, 0.717) is 0 Å². The second kappa shape index (κ2) is 7.29. The minimum Gasteiger partial charge on any atom is -0.507 e. The summed E-state index contributed by atoms with van der Waals surface area (Å²) in [4.78, 5) is 0. The minimum atomic E-state index is 0.276. The summed E-state index contributed by atoms with van der Waals surface area (Å²) in [5.41, 5.74) is 1.29. The lowest BCUT2D eigenvalue weighted by atomic mass is 10.2. The average molecular weight is 704 g/mol. The highest BCUT2D eigenvalue weighted by Gasteiger charge is 2.10. The molecule has 0 radical (unpaired) electrons. The van der Waals surface area contributed by atoms with Crippen LogP contribution in [0.2, 0.25) is 0 Å². The van der Waals surface area contributed by atoms with Crippen molar-refractivity contribution in [1.29, 1.82) is 0 Å². The number of ether oxygens (including phenoxy) is 1. The van der Waals surface area contributed by atoms with Crippen LogP contribution in [0.25, 0.3) is 0 Å². The third kappa shape index (κ3) is 4.22. The van der Waals surface area contributed by atoms with Gasteiger partial charge in [-0.2, -0.15) is 0 Å². The third-order valence-electron chi connectivity index (χ3n) is 2.35. The summed E-state index contributed by atoms with van der Waals surface area (Å²) >= 11 is 9.03. The molecule has 0 aromatic heterocycles. The molecule has 0 amide bonds. The van der Waals surface area contributed by atoms with Crippen molar-refractivity contribution >= 4 is 90.4 Å². The van der Waals surface area contributed by atoms with Gasteiger partial charge < -0.3 is 9.84 Å². The molecule has 2 nitrogen and oxygen atoms in total. The Bertz CT molecular complexity index is 591. The van der Waals surface area contributed by atoms with Gasteiger partial charge in [0, 0.05) is 4.43 Å². The van der Waals surface area contributed by atoms with Gasteiger partial charge in [-0.15, -0.1) is 0 Å². The normalized spacial score (nSPS) is 10.5. The molecule has 19 heavy (non-hydrogen) atoms. The van der Waals surface area contributed by atoms with Crippen molar-refractivity contribution in [3.63, 3.8) is 0 Å². The van der Waals surface area contributed by atoms with Gasteiger partial charge in [-0.25, -0.2) is 0 Å². The lowest BCUT2D eigenvalue weighted by Gasteiger charge is -2.12. The second-order valence-electron chi connectivity index (χ2n) is 3.74. The van der Waals surface area contributed by atoms with E-state index in [2.05, 4.69) is 102 Å². The van der Waals surface area contributed by atoms with Crippen LogP contribution < -0.4 is 4.74 Å². The van der Waals surface area contributed by atoms with Crippen LogP contribution in [0.1, 0.15) is 5.56 Å². The van der Waals surface area contributed by atoms with Gasteiger partial charge in [0.15, 0.2) is 5.75 Å². The highest BCUT2D eigenvalue weighted by molar-refractivity contribution is 14.1. The molecule has 0 aliphatic rings. The molecular weight excluding hydrogens is 696 g/mol. The van der Waals surface area contributed by atoms with Crippen molar-refractivity contribution in [2.45, 2.75) is 4.43 Å². The molecule has 2 aromatic rings. The summed E-state index contributed by atoms with van der Waals surface area (Å²) in [6, 6.07) is 9.52. The van der Waals surface area contributed by atoms with Crippen molar-refractivity contribution < 1.29 is 9.84 Å². The van der Waals surface area contributed by atoms with Gasteiger partial charge >= 0.3 is 0 Å². The molecule has 0 saturated carbocycles. The highest BCUT2D eigenvalue weighted by atomic mass is 127. The van der Waals surface area contributed by atoms with Crippen molar-refractivity contribution in [2.24, 2.45) is 0 Å². The summed E-state index contributed by atoms with van der Waals surface area (Å²) in [5.74, 6) is 1.88. The largest absolute Gasteiger partial charge is 0.507 e. The summed E-state index contributed by atoms with van der Waals surface area (Å²) in [6.45, 7) is 0. The molecule has 0 unspecified atom stereocenters. The zero-order valence-electron chi connectivity index (χ0n) is 9.46. The van der Waals surface area contributed by atoms with E-state index >= 15 is 0 Å². The third-order valence-corrected chi connectivity index (χ3v) is 5.70. The Balaban J connectivity index is 2.35. The van der Waals surface area contributed by atoms with Crippen LogP contribution in [-0.4, -0.2) is 5.11 Å². The summed E-state index contributed by atoms with van der Waals surface area (Å²) in [6.07, 6.45) is 0. The Morgan fingerprint density at radius 1 is 0.947 bits per heavy atom. The molecule has 0 heterocycles. The Kier molecular flexibility index (Phi) is 6.27. The zero-order chi connectivity index (χ0) is 14.0. The maximum absolute atomic E-state index is 9.52. The molecule has 0 aliphatic heterocycles. The van der Waals surface area contributed by atoms with E-state index in [1.54, 1.807) is 12.1 Å². The van der Waals surface area contributed by atoms with E-state index in [1.807, 2.05) is 6.07 Å². The summed E-state index contributed by atoms with van der Waals surface area (Å²) < 4.78 is 9.90. The lowest BCUT2D eigenvalue weighted by Crippen LogP contribution is -1.93. The molecule has 0 atom stereocenters. The fourth-order valence-electron chi connectivity index (χ4n) is 1.46. The number of hydrogen-bond donors (Lipinski definition) is 1. The van der Waals surface area contributed by atoms with E-state index in [9.17, 15) is 5.11 Å². The number of rotatable bonds is 3. The maximum Gasteiger partial charge on any atom is 0.154 e. The number of hydrogen-bond acceptors (Lipinski definition) is 2. The number of phenolic OH excluding ortho intramolecular Hbond substituents is 1. The molecular formula is C13H8I4O2. The Labute approximate surface area is 166 Å². The van der Waals surface area contributed by atoms with Crippen molar-refractivity contribution in [3.8, 4) is 17.2 Å². The quantitative estimate of drug-likeness (QED) is 0.318. The van der Waals surface area contributed by atoms with Gasteiger partial charge in [0.1, 0.15) is 11.5 Å². The summed E-state index contributed by atoms with van der Waals surface area (Å²) in [7, 11) is 0. The molecule has 1 N–H and O–H groups in total. The first kappa shape index (κ1) is 16.3. The minimum absolute atomic E-state index is 0.276. The Hall–Kier alpha value is 0.960. The maximum atomic E-state index is 9.52. The lowest BCUT2D eigenvalue weighted by molar-refractivity contribution is 0.458. The van der Waals surface area contributed by atoms with Crippen LogP contribution in [0.15, 0.2) is 30.3 Å². The molecule has 6 heteroatoms. The van der Waals surface area contributed by atoms with Crippen LogP contribution >= 0.6 is 90.4 Å². The second-order valence-corrected chi connectivity index (χ2v) is 7.99. The summed E-state index contributed by atoms with van der Waals surface area (Å²) in [5, 5.41) is 9.52. The van der Waals surface area contributed by atoms with Gasteiger partial charge in [0.25, 0.3) is 0 Å². The van der Waals surface area contributed by atoms with E-state index < -0.39 is 0 Å². The number of aromatic hydroxyl groups is 1. The molecule has 100 valence electrons. The average Bonchev–Trinajstić information content (AvgIpc) is 2.37. The first-order chi connectivity index (χ1) is 9.01. The molecule has 0 saturated heterocycles. The topological polar surface area (TPSA) is 29.5 Å². The van der Waals surface area contributed by atoms with Crippen molar-refractivity contribution in [3.05, 3.63) is 46.6 Å². The number of alkyl halides is 1. The Morgan fingerprint density at radius 3 is 2.11 bits per heavy atom. The van der Waals surface area contributed by atoms with E-state index in [-0.39, 0.29) is 5.75 Å². The van der Waals surface area contributed by atoms with Crippen LogP contribution in [0.4, 0.5) is 0 Å². The van der Waals surface area contributed by atoms with E-state index in [0.717, 1.165) is 26.6 Å². The zero-order valence-corrected chi connectivity index (χ0v) is 18.1. The number of halogens is 4. The number of phenols is 1. The Morgan fingerprint density at radius 2 is 1.58 bits per heavy atom. The predicted molar refractivity (Wildman–Crippen MR) is 110 cm³/mol. The molecule has 0 bridgehead atoms. The molecule has 0 spiro atoms. The van der Waals surface area contributed by atoms with Gasteiger partial charge in [-0.3, -0.25) is 0 Å². The van der Waals surface area contributed by atoms with Crippen molar-refractivity contribution in [1.82, 2.24) is 0 Å². The van der Waals surface area contributed by atoms with Crippen LogP contribution in [0, 0.1) is 10.7 Å². The highest BCUT2D eigenvalue weighted by Crippen LogP contribution is 2.35. The van der Waals surface area contributed by atoms with Crippen LogP contribution in [-0.2, 0) is 4.43 Å². The monoisotopic (exact) mass is 704 g/mol. The van der Waals surface area contributed by atoms with Gasteiger partial charge in [-0.1, -0.05) is 22.6 Å². The van der Waals surface area contributed by atoms with E-state index in [4.69, 9.17) is 4.74 Å². The SMILES string of the molecule is Oc1ccc(Oc2c(I)cc(CI)cc2I)cc1I. The molecule has 0 fully saturated rings. The smallest absolute Gasteiger partial charge is 0.154 e. The van der Waals surface area contributed by atoms with Crippen LogP contribution in [0.5, 0.6) is 17.2 Å². The fraction of sp³-hybridized carbons (Fsp3) is 0.0769. The van der Waals surface area contributed by atoms with Gasteiger partial charge in [0.05, 0.1) is 10.7 Å². The fourth-order valence-corrected chi connectivity index (χ4v) is 4.50. The van der Waals surface area contributed by atoms with Gasteiger partial charge in [-0.05, 0) is 104 Å². The predicted octanol–water partition coefficient (Wildman–Crippen LogP) is 5.93. The van der Waals surface area contributed by atoms with Crippen molar-refractivity contribution in [2.75, 3.05) is 0 Å². The van der Waals surface area contributed by atoms with Crippen LogP contribution in [0.3, 0.4) is 0 Å². The first-order valence-corrected chi connectivity index (χ1v) is 9.97. The standard InChI is InChI=1S/C13H8I4O2/c14-6-7-3-10(16)13(11(17)4-7)19-8-1-2-12(18)9(15)5-8/h1-5,18H,6H2. The molecule has 2 aromatic carbocycles. The molecule has 0 aliphatic carbocycles. The number of benzene rings is 2. The van der Waals surface area contributed by atoms with Gasteiger partial charge in [0.2, 0.25) is 0 Å². The first-order valence-electron chi connectivity index (χ1n) is 5.21. The molecule has 2 rings (SSSR count). The van der Waals surface area contributed by atoms with E-state index in [1.165, 1.54) is 5.56 Å².